The van der Waals surface area contributed by atoms with Gasteiger partial charge in [-0.3, -0.25) is 20.8 Å². The molecule has 0 atom stereocenters. The summed E-state index contributed by atoms with van der Waals surface area (Å²) in [6.07, 6.45) is 1.46. The topological polar surface area (TPSA) is 136 Å². The lowest BCUT2D eigenvalue weighted by Gasteiger charge is -2.06. The van der Waals surface area contributed by atoms with Crippen molar-refractivity contribution in [3.8, 4) is 0 Å². The molecule has 1 heterocycles. The molecule has 0 fully saturated rings. The number of hydrogen-bond donors (Lipinski definition) is 3. The standard InChI is InChI=1S/C11H10N6O3/c12-15-8-4-3-7(6-9(8)17(19)20)11(18)14-10-2-1-5-13-16-10/h1-6,15H,12H2,(H,14,16,18). The largest absolute Gasteiger partial charge is 0.318 e. The summed E-state index contributed by atoms with van der Waals surface area (Å²) in [4.78, 5) is 22.2. The highest BCUT2D eigenvalue weighted by molar-refractivity contribution is 6.04. The Labute approximate surface area is 112 Å². The molecular weight excluding hydrogens is 264 g/mol. The van der Waals surface area contributed by atoms with Crippen molar-refractivity contribution in [2.45, 2.75) is 0 Å². The molecule has 0 aliphatic carbocycles. The number of aromatic nitrogens is 2. The Kier molecular flexibility index (Phi) is 3.82. The minimum atomic E-state index is -0.631. The average molecular weight is 274 g/mol. The van der Waals surface area contributed by atoms with E-state index in [9.17, 15) is 14.9 Å². The first-order chi connectivity index (χ1) is 9.61. The number of nitro benzene ring substituents is 1. The molecule has 0 radical (unpaired) electrons. The van der Waals surface area contributed by atoms with E-state index < -0.39 is 10.8 Å². The van der Waals surface area contributed by atoms with Crippen molar-refractivity contribution >= 4 is 23.1 Å². The van der Waals surface area contributed by atoms with Crippen molar-refractivity contribution in [2.75, 3.05) is 10.7 Å². The van der Waals surface area contributed by atoms with Gasteiger partial charge in [0.25, 0.3) is 11.6 Å². The zero-order chi connectivity index (χ0) is 14.5. The van der Waals surface area contributed by atoms with Crippen molar-refractivity contribution in [3.63, 3.8) is 0 Å². The number of nitrogen functional groups attached to an aromatic ring is 1. The second-order valence-electron chi connectivity index (χ2n) is 3.70. The van der Waals surface area contributed by atoms with Gasteiger partial charge in [0.1, 0.15) is 5.69 Å². The van der Waals surface area contributed by atoms with Crippen LogP contribution >= 0.6 is 0 Å². The van der Waals surface area contributed by atoms with E-state index in [-0.39, 0.29) is 22.8 Å². The fourth-order valence-corrected chi connectivity index (χ4v) is 1.50. The minimum Gasteiger partial charge on any atom is -0.318 e. The van der Waals surface area contributed by atoms with Gasteiger partial charge in [0, 0.05) is 17.8 Å². The SMILES string of the molecule is NNc1ccc(C(=O)Nc2cccnn2)cc1[N+](=O)[O-]. The van der Waals surface area contributed by atoms with Gasteiger partial charge in [0.15, 0.2) is 5.82 Å². The first-order valence-electron chi connectivity index (χ1n) is 5.46. The van der Waals surface area contributed by atoms with E-state index in [0.717, 1.165) is 6.07 Å². The number of rotatable bonds is 4. The lowest BCUT2D eigenvalue weighted by molar-refractivity contribution is -0.384. The zero-order valence-electron chi connectivity index (χ0n) is 10.1. The first kappa shape index (κ1) is 13.4. The van der Waals surface area contributed by atoms with Crippen LogP contribution in [-0.2, 0) is 0 Å². The maximum atomic E-state index is 11.9. The second kappa shape index (κ2) is 5.71. The number of anilines is 2. The quantitative estimate of drug-likeness (QED) is 0.428. The van der Waals surface area contributed by atoms with E-state index in [4.69, 9.17) is 5.84 Å². The number of nitrogens with zero attached hydrogens (tertiary/aromatic N) is 3. The van der Waals surface area contributed by atoms with Gasteiger partial charge in [0.2, 0.25) is 0 Å². The number of hydrazine groups is 1. The second-order valence-corrected chi connectivity index (χ2v) is 3.70. The van der Waals surface area contributed by atoms with Gasteiger partial charge in [-0.2, -0.15) is 5.10 Å². The third kappa shape index (κ3) is 2.84. The van der Waals surface area contributed by atoms with E-state index in [1.807, 2.05) is 0 Å². The Bertz CT molecular complexity index is 646. The fourth-order valence-electron chi connectivity index (χ4n) is 1.50. The molecule has 0 aliphatic rings. The van der Waals surface area contributed by atoms with Crippen molar-refractivity contribution in [2.24, 2.45) is 5.84 Å². The number of hydrogen-bond acceptors (Lipinski definition) is 7. The monoisotopic (exact) mass is 274 g/mol. The number of amides is 1. The summed E-state index contributed by atoms with van der Waals surface area (Å²) >= 11 is 0. The van der Waals surface area contributed by atoms with Gasteiger partial charge in [-0.25, -0.2) is 0 Å². The Morgan fingerprint density at radius 1 is 1.35 bits per heavy atom. The van der Waals surface area contributed by atoms with Crippen LogP contribution in [0.25, 0.3) is 0 Å². The van der Waals surface area contributed by atoms with Crippen LogP contribution in [0.4, 0.5) is 17.2 Å². The molecule has 0 unspecified atom stereocenters. The number of nitro groups is 1. The van der Waals surface area contributed by atoms with Crippen LogP contribution in [0.5, 0.6) is 0 Å². The predicted molar refractivity (Wildman–Crippen MR) is 70.9 cm³/mol. The van der Waals surface area contributed by atoms with Gasteiger partial charge in [-0.15, -0.1) is 5.10 Å². The molecular formula is C11H10N6O3. The van der Waals surface area contributed by atoms with E-state index in [2.05, 4.69) is 20.9 Å². The van der Waals surface area contributed by atoms with Crippen molar-refractivity contribution in [3.05, 3.63) is 52.2 Å². The summed E-state index contributed by atoms with van der Waals surface area (Å²) in [7, 11) is 0. The Hall–Kier alpha value is -3.07. The summed E-state index contributed by atoms with van der Waals surface area (Å²) in [6, 6.07) is 7.04. The zero-order valence-corrected chi connectivity index (χ0v) is 10.1. The van der Waals surface area contributed by atoms with E-state index in [1.54, 1.807) is 12.1 Å². The van der Waals surface area contributed by atoms with Gasteiger partial charge >= 0.3 is 0 Å². The van der Waals surface area contributed by atoms with Crippen LogP contribution in [0.3, 0.4) is 0 Å². The number of benzene rings is 1. The first-order valence-corrected chi connectivity index (χ1v) is 5.46. The number of carbonyl (C=O) groups is 1. The van der Waals surface area contributed by atoms with E-state index in [0.29, 0.717) is 0 Å². The Balaban J connectivity index is 2.27. The van der Waals surface area contributed by atoms with E-state index >= 15 is 0 Å². The van der Waals surface area contributed by atoms with Gasteiger partial charge in [-0.1, -0.05) is 0 Å². The highest BCUT2D eigenvalue weighted by atomic mass is 16.6. The average Bonchev–Trinajstić information content (AvgIpc) is 2.47. The highest BCUT2D eigenvalue weighted by Crippen LogP contribution is 2.24. The number of nitrogens with two attached hydrogens (primary N) is 1. The summed E-state index contributed by atoms with van der Waals surface area (Å²) < 4.78 is 0. The van der Waals surface area contributed by atoms with Crippen molar-refractivity contribution in [1.82, 2.24) is 10.2 Å². The van der Waals surface area contributed by atoms with Crippen LogP contribution in [0.1, 0.15) is 10.4 Å². The van der Waals surface area contributed by atoms with Crippen molar-refractivity contribution in [1.29, 1.82) is 0 Å². The lowest BCUT2D eigenvalue weighted by atomic mass is 10.1. The third-order valence-electron chi connectivity index (χ3n) is 2.43. The molecule has 9 heteroatoms. The molecule has 1 aromatic carbocycles. The maximum Gasteiger partial charge on any atom is 0.294 e. The summed E-state index contributed by atoms with van der Waals surface area (Å²) in [5, 5.41) is 20.6. The molecule has 1 aromatic heterocycles. The summed E-state index contributed by atoms with van der Waals surface area (Å²) in [6.45, 7) is 0. The highest BCUT2D eigenvalue weighted by Gasteiger charge is 2.17. The smallest absolute Gasteiger partial charge is 0.294 e. The molecule has 9 nitrogen and oxygen atoms in total. The molecule has 20 heavy (non-hydrogen) atoms. The number of nitrogens with one attached hydrogen (secondary N) is 2. The van der Waals surface area contributed by atoms with E-state index in [1.165, 1.54) is 18.3 Å². The predicted octanol–water partition coefficient (Wildman–Crippen LogP) is 0.923. The number of carbonyl (C=O) groups excluding carboxylic acids is 1. The molecule has 102 valence electrons. The molecule has 2 aromatic rings. The van der Waals surface area contributed by atoms with Gasteiger partial charge in [0.05, 0.1) is 4.92 Å². The lowest BCUT2D eigenvalue weighted by Crippen LogP contribution is -2.15. The normalized spacial score (nSPS) is 9.85. The summed E-state index contributed by atoms with van der Waals surface area (Å²) in [5.41, 5.74) is 2.13. The fraction of sp³-hybridized carbons (Fsp3) is 0. The third-order valence-corrected chi connectivity index (χ3v) is 2.43. The molecule has 4 N–H and O–H groups in total. The summed E-state index contributed by atoms with van der Waals surface area (Å²) in [5.74, 6) is 4.89. The van der Waals surface area contributed by atoms with Crippen LogP contribution < -0.4 is 16.6 Å². The molecule has 2 rings (SSSR count). The molecule has 0 saturated heterocycles. The van der Waals surface area contributed by atoms with Crippen LogP contribution in [0.2, 0.25) is 0 Å². The molecule has 1 amide bonds. The van der Waals surface area contributed by atoms with Gasteiger partial charge < -0.3 is 10.7 Å². The maximum absolute atomic E-state index is 11.9. The Morgan fingerprint density at radius 3 is 2.75 bits per heavy atom. The molecule has 0 aliphatic heterocycles. The molecule has 0 spiro atoms. The van der Waals surface area contributed by atoms with Crippen LogP contribution in [-0.4, -0.2) is 21.0 Å². The molecule has 0 saturated carbocycles. The molecule has 0 bridgehead atoms. The van der Waals surface area contributed by atoms with Crippen LogP contribution in [0.15, 0.2) is 36.5 Å². The van der Waals surface area contributed by atoms with Gasteiger partial charge in [-0.05, 0) is 24.3 Å². The van der Waals surface area contributed by atoms with Crippen molar-refractivity contribution < 1.29 is 9.72 Å². The van der Waals surface area contributed by atoms with Crippen LogP contribution in [0, 0.1) is 10.1 Å². The Morgan fingerprint density at radius 2 is 2.15 bits per heavy atom. The minimum absolute atomic E-state index is 0.112.